The predicted octanol–water partition coefficient (Wildman–Crippen LogP) is 13.0. The number of hydrogen-bond acceptors (Lipinski definition) is 3. The second kappa shape index (κ2) is 10.8. The monoisotopic (exact) mass is 619 g/mol. The van der Waals surface area contributed by atoms with Gasteiger partial charge in [0, 0.05) is 40.3 Å². The molecule has 0 bridgehead atoms. The van der Waals surface area contributed by atoms with Crippen LogP contribution in [0.4, 0.5) is 0 Å². The van der Waals surface area contributed by atoms with Crippen LogP contribution in [0.2, 0.25) is 0 Å². The van der Waals surface area contributed by atoms with Crippen molar-refractivity contribution in [3.63, 3.8) is 0 Å². The molecule has 0 fully saturated rings. The van der Waals surface area contributed by atoms with Gasteiger partial charge in [-0.2, -0.15) is 5.26 Å². The molecule has 0 spiro atoms. The maximum Gasteiger partial charge on any atom is 0.0998 e. The van der Waals surface area contributed by atoms with Crippen molar-refractivity contribution in [2.75, 3.05) is 0 Å². The van der Waals surface area contributed by atoms with Gasteiger partial charge in [0.25, 0.3) is 0 Å². The van der Waals surface area contributed by atoms with E-state index in [0.717, 1.165) is 22.3 Å². The zero-order valence-electron chi connectivity index (χ0n) is 24.7. The van der Waals surface area contributed by atoms with Gasteiger partial charge in [0.15, 0.2) is 0 Å². The summed E-state index contributed by atoms with van der Waals surface area (Å²) in [6.07, 6.45) is 0. The lowest BCUT2D eigenvalue weighted by atomic mass is 9.90. The van der Waals surface area contributed by atoms with Crippen LogP contribution in [0.3, 0.4) is 0 Å². The molecule has 9 aromatic rings. The van der Waals surface area contributed by atoms with E-state index in [1.165, 1.54) is 62.6 Å². The molecule has 0 atom stereocenters. The average molecular weight is 620 g/mol. The highest BCUT2D eigenvalue weighted by Crippen LogP contribution is 2.45. The Bertz CT molecular complexity index is 2670. The molecule has 0 aliphatic rings. The molecule has 0 radical (unpaired) electrons. The number of thiophene rings is 2. The molecule has 3 heteroatoms. The van der Waals surface area contributed by atoms with Gasteiger partial charge in [-0.25, -0.2) is 0 Å². The number of fused-ring (bicyclic) bond motifs is 6. The van der Waals surface area contributed by atoms with Gasteiger partial charge in [-0.3, -0.25) is 0 Å². The molecule has 0 aliphatic heterocycles. The molecule has 0 N–H and O–H groups in total. The van der Waals surface area contributed by atoms with Crippen LogP contribution in [0.15, 0.2) is 152 Å². The minimum Gasteiger partial charge on any atom is -0.192 e. The third kappa shape index (κ3) is 4.35. The van der Waals surface area contributed by atoms with Crippen LogP contribution in [0.25, 0.3) is 84.9 Å². The van der Waals surface area contributed by atoms with Gasteiger partial charge < -0.3 is 0 Å². The molecule has 46 heavy (non-hydrogen) atoms. The van der Waals surface area contributed by atoms with Crippen LogP contribution in [0, 0.1) is 11.3 Å². The van der Waals surface area contributed by atoms with Gasteiger partial charge in [0.1, 0.15) is 0 Å². The Morgan fingerprint density at radius 3 is 1.83 bits per heavy atom. The molecular formula is C43H25NS2. The second-order valence-corrected chi connectivity index (χ2v) is 13.7. The number of rotatable bonds is 4. The van der Waals surface area contributed by atoms with Crippen molar-refractivity contribution in [3.05, 3.63) is 157 Å². The minimum absolute atomic E-state index is 0.682. The average Bonchev–Trinajstić information content (AvgIpc) is 3.70. The van der Waals surface area contributed by atoms with E-state index in [-0.39, 0.29) is 0 Å². The first-order valence-electron chi connectivity index (χ1n) is 15.3. The van der Waals surface area contributed by atoms with Crippen molar-refractivity contribution in [1.29, 1.82) is 5.26 Å². The van der Waals surface area contributed by atoms with Crippen molar-refractivity contribution in [1.82, 2.24) is 0 Å². The first-order valence-corrected chi connectivity index (χ1v) is 16.9. The van der Waals surface area contributed by atoms with Crippen LogP contribution in [0.1, 0.15) is 5.56 Å². The summed E-state index contributed by atoms with van der Waals surface area (Å²) in [6, 6.07) is 56.7. The number of benzene rings is 7. The summed E-state index contributed by atoms with van der Waals surface area (Å²) in [5.41, 5.74) is 9.83. The predicted molar refractivity (Wildman–Crippen MR) is 199 cm³/mol. The highest BCUT2D eigenvalue weighted by molar-refractivity contribution is 7.26. The van der Waals surface area contributed by atoms with E-state index < -0.39 is 0 Å². The van der Waals surface area contributed by atoms with Crippen LogP contribution in [0.5, 0.6) is 0 Å². The molecule has 7 aromatic carbocycles. The summed E-state index contributed by atoms with van der Waals surface area (Å²) in [5, 5.41) is 15.0. The Balaban J connectivity index is 1.32. The first-order chi connectivity index (χ1) is 22.7. The van der Waals surface area contributed by atoms with Gasteiger partial charge in [0.05, 0.1) is 11.6 Å². The van der Waals surface area contributed by atoms with E-state index in [4.69, 9.17) is 0 Å². The van der Waals surface area contributed by atoms with E-state index in [1.807, 2.05) is 46.9 Å². The Morgan fingerprint density at radius 1 is 0.391 bits per heavy atom. The molecule has 1 nitrogen and oxygen atoms in total. The van der Waals surface area contributed by atoms with Crippen LogP contribution in [-0.2, 0) is 0 Å². The van der Waals surface area contributed by atoms with Crippen LogP contribution >= 0.6 is 22.7 Å². The summed E-state index contributed by atoms with van der Waals surface area (Å²) >= 11 is 3.72. The third-order valence-corrected chi connectivity index (χ3v) is 11.3. The lowest BCUT2D eigenvalue weighted by Gasteiger charge is -2.14. The summed E-state index contributed by atoms with van der Waals surface area (Å²) in [4.78, 5) is 0. The van der Waals surface area contributed by atoms with E-state index >= 15 is 0 Å². The van der Waals surface area contributed by atoms with Gasteiger partial charge in [-0.1, -0.05) is 103 Å². The van der Waals surface area contributed by atoms with Gasteiger partial charge in [-0.15, -0.1) is 22.7 Å². The molecular weight excluding hydrogens is 595 g/mol. The molecule has 0 saturated carbocycles. The van der Waals surface area contributed by atoms with E-state index in [1.54, 1.807) is 0 Å². The molecule has 0 unspecified atom stereocenters. The maximum atomic E-state index is 9.83. The fraction of sp³-hybridized carbons (Fsp3) is 0. The molecule has 0 aliphatic carbocycles. The lowest BCUT2D eigenvalue weighted by molar-refractivity contribution is 1.48. The topological polar surface area (TPSA) is 23.8 Å². The smallest absolute Gasteiger partial charge is 0.0998 e. The van der Waals surface area contributed by atoms with Gasteiger partial charge in [0.2, 0.25) is 0 Å². The zero-order valence-corrected chi connectivity index (χ0v) is 26.3. The SMILES string of the molecule is N#Cc1ccccc1-c1cccc(-c2cc(-c3cccc4c3sc3ccccc34)cc(-c3cccc4sc5ccccc5c34)c2)c1. The quantitative estimate of drug-likeness (QED) is 0.192. The normalized spacial score (nSPS) is 11.5. The van der Waals surface area contributed by atoms with Crippen molar-refractivity contribution in [2.24, 2.45) is 0 Å². The van der Waals surface area contributed by atoms with Crippen molar-refractivity contribution < 1.29 is 0 Å². The van der Waals surface area contributed by atoms with E-state index in [9.17, 15) is 5.26 Å². The van der Waals surface area contributed by atoms with Gasteiger partial charge >= 0.3 is 0 Å². The van der Waals surface area contributed by atoms with E-state index in [2.05, 4.69) is 133 Å². The van der Waals surface area contributed by atoms with Crippen LogP contribution in [-0.4, -0.2) is 0 Å². The molecule has 2 heterocycles. The standard InChI is InChI=1S/C43H25NS2/c44-26-29-10-1-2-13-33(29)28-12-7-11-27(22-28)30-23-31(34-16-9-21-41-42(34)38-15-4-6-20-40(38)45-41)25-32(24-30)35-17-8-18-37-36-14-3-5-19-39(36)46-43(35)37/h1-25H. The van der Waals surface area contributed by atoms with Crippen molar-refractivity contribution in [3.8, 4) is 50.6 Å². The second-order valence-electron chi connectivity index (χ2n) is 11.6. The molecule has 2 aromatic heterocycles. The molecule has 0 saturated heterocycles. The Labute approximate surface area is 274 Å². The highest BCUT2D eigenvalue weighted by atomic mass is 32.1. The third-order valence-electron chi connectivity index (χ3n) is 8.92. The highest BCUT2D eigenvalue weighted by Gasteiger charge is 2.16. The fourth-order valence-corrected chi connectivity index (χ4v) is 9.16. The minimum atomic E-state index is 0.682. The molecule has 9 rings (SSSR count). The zero-order chi connectivity index (χ0) is 30.6. The first kappa shape index (κ1) is 26.8. The van der Waals surface area contributed by atoms with E-state index in [0.29, 0.717) is 5.56 Å². The largest absolute Gasteiger partial charge is 0.192 e. The molecule has 0 amide bonds. The Morgan fingerprint density at radius 2 is 0.957 bits per heavy atom. The number of nitrogens with zero attached hydrogens (tertiary/aromatic N) is 1. The lowest BCUT2D eigenvalue weighted by Crippen LogP contribution is -1.89. The summed E-state index contributed by atoms with van der Waals surface area (Å²) in [5.74, 6) is 0. The Kier molecular flexibility index (Phi) is 6.31. The molecule has 214 valence electrons. The summed E-state index contributed by atoms with van der Waals surface area (Å²) in [6.45, 7) is 0. The van der Waals surface area contributed by atoms with Crippen molar-refractivity contribution in [2.45, 2.75) is 0 Å². The number of hydrogen-bond donors (Lipinski definition) is 0. The fourth-order valence-electron chi connectivity index (χ4n) is 6.79. The number of nitriles is 1. The maximum absolute atomic E-state index is 9.83. The Hall–Kier alpha value is -5.53. The summed E-state index contributed by atoms with van der Waals surface area (Å²) in [7, 11) is 0. The van der Waals surface area contributed by atoms with Crippen molar-refractivity contribution >= 4 is 63.0 Å². The van der Waals surface area contributed by atoms with Gasteiger partial charge in [-0.05, 0) is 93.0 Å². The summed E-state index contributed by atoms with van der Waals surface area (Å²) < 4.78 is 5.22. The van der Waals surface area contributed by atoms with Crippen LogP contribution < -0.4 is 0 Å².